The summed E-state index contributed by atoms with van der Waals surface area (Å²) in [5, 5.41) is 13.2. The van der Waals surface area contributed by atoms with Gasteiger partial charge in [-0.15, -0.1) is 0 Å². The maximum atomic E-state index is 11.5. The molecular formula is C25H29N3O4S. The van der Waals surface area contributed by atoms with Crippen LogP contribution >= 0.6 is 11.8 Å². The van der Waals surface area contributed by atoms with Crippen molar-refractivity contribution in [3.63, 3.8) is 0 Å². The first kappa shape index (κ1) is 23.5. The summed E-state index contributed by atoms with van der Waals surface area (Å²) in [6, 6.07) is 15.4. The average Bonchev–Trinajstić information content (AvgIpc) is 3.23. The highest BCUT2D eigenvalue weighted by molar-refractivity contribution is 7.99. The zero-order valence-electron chi connectivity index (χ0n) is 19.0. The Balaban J connectivity index is 1.60. The predicted octanol–water partition coefficient (Wildman–Crippen LogP) is 4.45. The van der Waals surface area contributed by atoms with Crippen LogP contribution in [0.15, 0.2) is 66.1 Å². The van der Waals surface area contributed by atoms with Crippen LogP contribution in [0.1, 0.15) is 42.9 Å². The van der Waals surface area contributed by atoms with Crippen LogP contribution in [0.3, 0.4) is 0 Å². The van der Waals surface area contributed by atoms with Gasteiger partial charge in [0.2, 0.25) is 5.91 Å². The summed E-state index contributed by atoms with van der Waals surface area (Å²) in [7, 11) is 1.98. The highest BCUT2D eigenvalue weighted by atomic mass is 32.2. The molecule has 174 valence electrons. The fourth-order valence-electron chi connectivity index (χ4n) is 3.92. The number of aromatic nitrogens is 2. The van der Waals surface area contributed by atoms with Crippen molar-refractivity contribution in [2.75, 3.05) is 11.1 Å². The van der Waals surface area contributed by atoms with Gasteiger partial charge < -0.3 is 24.5 Å². The normalized spacial score (nSPS) is 22.8. The molecule has 0 spiro atoms. The summed E-state index contributed by atoms with van der Waals surface area (Å²) in [4.78, 5) is 15.9. The number of hydrogen-bond donors (Lipinski definition) is 2. The fourth-order valence-corrected chi connectivity index (χ4v) is 5.02. The van der Waals surface area contributed by atoms with Crippen molar-refractivity contribution in [3.05, 3.63) is 77.6 Å². The number of thioether (sulfide) groups is 1. The molecule has 1 saturated heterocycles. The summed E-state index contributed by atoms with van der Waals surface area (Å²) in [5.74, 6) is 0.688. The van der Waals surface area contributed by atoms with Gasteiger partial charge in [-0.05, 0) is 23.3 Å². The second-order valence-electron chi connectivity index (χ2n) is 8.26. The average molecular weight is 468 g/mol. The number of imidazole rings is 1. The molecule has 0 unspecified atom stereocenters. The molecule has 7 nitrogen and oxygen atoms in total. The minimum atomic E-state index is -0.579. The summed E-state index contributed by atoms with van der Waals surface area (Å²) in [6.07, 6.45) is 2.87. The van der Waals surface area contributed by atoms with Crippen LogP contribution in [0.25, 0.3) is 0 Å². The number of carbonyl (C=O) groups excluding carboxylic acids is 1. The van der Waals surface area contributed by atoms with Crippen molar-refractivity contribution >= 4 is 23.4 Å². The SMILES string of the molecule is CC(=O)Nc1cccc([C@@H]2O[C@H](CSc3nccn3C)[C@H](C)[C@H](c3ccc(CO)cc3)O2)c1. The van der Waals surface area contributed by atoms with Gasteiger partial charge in [0.05, 0.1) is 18.8 Å². The van der Waals surface area contributed by atoms with Gasteiger partial charge in [-0.3, -0.25) is 4.79 Å². The molecule has 4 rings (SSSR count). The van der Waals surface area contributed by atoms with Gasteiger partial charge >= 0.3 is 0 Å². The van der Waals surface area contributed by atoms with Crippen LogP contribution < -0.4 is 5.32 Å². The third kappa shape index (κ3) is 5.65. The molecular weight excluding hydrogens is 438 g/mol. The number of hydrogen-bond acceptors (Lipinski definition) is 6. The molecule has 0 saturated carbocycles. The Morgan fingerprint density at radius 1 is 1.18 bits per heavy atom. The Kier molecular flexibility index (Phi) is 7.49. The van der Waals surface area contributed by atoms with E-state index in [1.54, 1.807) is 18.0 Å². The van der Waals surface area contributed by atoms with Crippen LogP contribution in [-0.4, -0.2) is 32.4 Å². The van der Waals surface area contributed by atoms with Crippen LogP contribution in [0, 0.1) is 5.92 Å². The zero-order chi connectivity index (χ0) is 23.4. The first-order chi connectivity index (χ1) is 15.9. The molecule has 0 radical (unpaired) electrons. The number of rotatable bonds is 7. The number of amides is 1. The molecule has 8 heteroatoms. The lowest BCUT2D eigenvalue weighted by atomic mass is 9.91. The number of nitrogens with zero attached hydrogens (tertiary/aromatic N) is 2. The second-order valence-corrected chi connectivity index (χ2v) is 9.25. The number of ether oxygens (including phenoxy) is 2. The Hall–Kier alpha value is -2.65. The molecule has 4 atom stereocenters. The van der Waals surface area contributed by atoms with E-state index in [1.165, 1.54) is 6.92 Å². The van der Waals surface area contributed by atoms with E-state index in [9.17, 15) is 9.90 Å². The van der Waals surface area contributed by atoms with Crippen molar-refractivity contribution in [1.29, 1.82) is 0 Å². The third-order valence-corrected chi connectivity index (χ3v) is 6.90. The van der Waals surface area contributed by atoms with Crippen molar-refractivity contribution in [1.82, 2.24) is 9.55 Å². The minimum Gasteiger partial charge on any atom is -0.392 e. The van der Waals surface area contributed by atoms with Crippen molar-refractivity contribution < 1.29 is 19.4 Å². The summed E-state index contributed by atoms with van der Waals surface area (Å²) in [6.45, 7) is 3.63. The molecule has 33 heavy (non-hydrogen) atoms. The Labute approximate surface area is 198 Å². The van der Waals surface area contributed by atoms with Crippen LogP contribution in [0.5, 0.6) is 0 Å². The van der Waals surface area contributed by atoms with E-state index in [0.29, 0.717) is 5.69 Å². The highest BCUT2D eigenvalue weighted by Gasteiger charge is 2.38. The maximum absolute atomic E-state index is 11.5. The van der Waals surface area contributed by atoms with Crippen LogP contribution in [-0.2, 0) is 27.9 Å². The molecule has 0 aliphatic carbocycles. The van der Waals surface area contributed by atoms with E-state index < -0.39 is 6.29 Å². The number of aryl methyl sites for hydroxylation is 1. The quantitative estimate of drug-likeness (QED) is 0.499. The largest absolute Gasteiger partial charge is 0.392 e. The number of anilines is 1. The lowest BCUT2D eigenvalue weighted by Gasteiger charge is -2.41. The summed E-state index contributed by atoms with van der Waals surface area (Å²) in [5.41, 5.74) is 3.45. The minimum absolute atomic E-state index is 0.00592. The number of aliphatic hydroxyl groups excluding tert-OH is 1. The number of carbonyl (C=O) groups is 1. The van der Waals surface area contributed by atoms with E-state index in [1.807, 2.05) is 66.3 Å². The molecule has 1 aliphatic rings. The monoisotopic (exact) mass is 467 g/mol. The standard InChI is InChI=1S/C25H29N3O4S/c1-16-22(15-33-25-26-11-12-28(25)3)31-24(20-5-4-6-21(13-20)27-17(2)30)32-23(16)19-9-7-18(14-29)8-10-19/h4-13,16,22-24,29H,14-15H2,1-3H3,(H,27,30)/t16-,22+,23+,24+/m0/s1. The molecule has 2 heterocycles. The third-order valence-electron chi connectivity index (χ3n) is 5.76. The first-order valence-electron chi connectivity index (χ1n) is 10.9. The van der Waals surface area contributed by atoms with Crippen LogP contribution in [0.4, 0.5) is 5.69 Å². The Morgan fingerprint density at radius 2 is 1.97 bits per heavy atom. The molecule has 2 aromatic carbocycles. The summed E-state index contributed by atoms with van der Waals surface area (Å²) >= 11 is 1.66. The van der Waals surface area contributed by atoms with E-state index in [0.717, 1.165) is 27.6 Å². The Bertz CT molecular complexity index is 1090. The lowest BCUT2D eigenvalue weighted by Crippen LogP contribution is -2.38. The summed E-state index contributed by atoms with van der Waals surface area (Å²) < 4.78 is 14.9. The van der Waals surface area contributed by atoms with Gasteiger partial charge in [-0.2, -0.15) is 0 Å². The van der Waals surface area contributed by atoms with E-state index >= 15 is 0 Å². The molecule has 1 amide bonds. The van der Waals surface area contributed by atoms with Gasteiger partial charge in [0, 0.05) is 49.3 Å². The van der Waals surface area contributed by atoms with Crippen molar-refractivity contribution in [2.45, 2.75) is 44.1 Å². The van der Waals surface area contributed by atoms with Crippen LogP contribution in [0.2, 0.25) is 0 Å². The predicted molar refractivity (Wildman–Crippen MR) is 128 cm³/mol. The van der Waals surface area contributed by atoms with E-state index in [2.05, 4.69) is 17.2 Å². The Morgan fingerprint density at radius 3 is 2.64 bits per heavy atom. The zero-order valence-corrected chi connectivity index (χ0v) is 19.8. The molecule has 1 fully saturated rings. The van der Waals surface area contributed by atoms with Gasteiger partial charge in [0.15, 0.2) is 11.4 Å². The molecule has 0 bridgehead atoms. The maximum Gasteiger partial charge on any atom is 0.221 e. The first-order valence-corrected chi connectivity index (χ1v) is 11.9. The van der Waals surface area contributed by atoms with E-state index in [4.69, 9.17) is 9.47 Å². The van der Waals surface area contributed by atoms with Crippen molar-refractivity contribution in [3.8, 4) is 0 Å². The smallest absolute Gasteiger partial charge is 0.221 e. The van der Waals surface area contributed by atoms with Crippen molar-refractivity contribution in [2.24, 2.45) is 13.0 Å². The van der Waals surface area contributed by atoms with Gasteiger partial charge in [0.1, 0.15) is 0 Å². The highest BCUT2D eigenvalue weighted by Crippen LogP contribution is 2.43. The van der Waals surface area contributed by atoms with E-state index in [-0.39, 0.29) is 30.6 Å². The molecule has 3 aromatic rings. The van der Waals surface area contributed by atoms with Gasteiger partial charge in [0.25, 0.3) is 0 Å². The second kappa shape index (κ2) is 10.5. The van der Waals surface area contributed by atoms with Gasteiger partial charge in [-0.1, -0.05) is 55.1 Å². The number of benzene rings is 2. The number of nitrogens with one attached hydrogen (secondary N) is 1. The molecule has 1 aromatic heterocycles. The molecule has 2 N–H and O–H groups in total. The lowest BCUT2D eigenvalue weighted by molar-refractivity contribution is -0.268. The fraction of sp³-hybridized carbons (Fsp3) is 0.360. The topological polar surface area (TPSA) is 85.6 Å². The van der Waals surface area contributed by atoms with Gasteiger partial charge in [-0.25, -0.2) is 4.98 Å². The number of aliphatic hydroxyl groups is 1. The molecule has 1 aliphatic heterocycles.